The van der Waals surface area contributed by atoms with E-state index in [9.17, 15) is 9.59 Å². The molecule has 2 unspecified atom stereocenters. The predicted octanol–water partition coefficient (Wildman–Crippen LogP) is 1.72. The molecule has 0 saturated carbocycles. The SMILES string of the molecule is CCC(CC(C)C(=O)OCCOCCOCCOCCOCCOCCOCCOCCOCCOCCOC)C(=O)OCCOCCOCCOCCOCCOCCOCCOCCOCCOCCOC. The van der Waals surface area contributed by atoms with Crippen LogP contribution in [0.25, 0.3) is 0 Å². The Labute approximate surface area is 441 Å². The van der Waals surface area contributed by atoms with Crippen LogP contribution in [0.4, 0.5) is 0 Å². The number of hydrogen-bond donors (Lipinski definition) is 0. The molecular formula is C50H98O24. The van der Waals surface area contributed by atoms with E-state index in [0.29, 0.717) is 251 Å². The summed E-state index contributed by atoms with van der Waals surface area (Å²) in [4.78, 5) is 25.1. The molecule has 0 spiro atoms. The minimum atomic E-state index is -0.476. The molecule has 0 N–H and O–H groups in total. The van der Waals surface area contributed by atoms with E-state index in [-0.39, 0.29) is 32.4 Å². The van der Waals surface area contributed by atoms with Crippen LogP contribution in [0.3, 0.4) is 0 Å². The Balaban J connectivity index is 3.43. The van der Waals surface area contributed by atoms with Crippen LogP contribution in [0.15, 0.2) is 0 Å². The number of ether oxygens (including phenoxy) is 22. The lowest BCUT2D eigenvalue weighted by atomic mass is 9.94. The van der Waals surface area contributed by atoms with E-state index in [1.165, 1.54) is 0 Å². The highest BCUT2D eigenvalue weighted by atomic mass is 16.6. The lowest BCUT2D eigenvalue weighted by Crippen LogP contribution is -2.26. The molecule has 0 aromatic rings. The summed E-state index contributed by atoms with van der Waals surface area (Å²) >= 11 is 0. The van der Waals surface area contributed by atoms with E-state index >= 15 is 0 Å². The van der Waals surface area contributed by atoms with Crippen LogP contribution < -0.4 is 0 Å². The minimum Gasteiger partial charge on any atom is -0.463 e. The van der Waals surface area contributed by atoms with Crippen molar-refractivity contribution < 1.29 is 114 Å². The largest absolute Gasteiger partial charge is 0.463 e. The van der Waals surface area contributed by atoms with Gasteiger partial charge in [-0.25, -0.2) is 0 Å². The van der Waals surface area contributed by atoms with Crippen LogP contribution in [0.1, 0.15) is 26.7 Å². The second kappa shape index (κ2) is 63.7. The van der Waals surface area contributed by atoms with Crippen molar-refractivity contribution in [2.24, 2.45) is 11.8 Å². The fourth-order valence-electron chi connectivity index (χ4n) is 5.62. The van der Waals surface area contributed by atoms with E-state index in [1.54, 1.807) is 21.1 Å². The summed E-state index contributed by atoms with van der Waals surface area (Å²) in [5.74, 6) is -1.66. The Hall–Kier alpha value is -1.86. The quantitative estimate of drug-likeness (QED) is 0.0623. The minimum absolute atomic E-state index is 0.106. The molecular weight excluding hydrogens is 985 g/mol. The Morgan fingerprint density at radius 3 is 0.595 bits per heavy atom. The van der Waals surface area contributed by atoms with Crippen LogP contribution in [-0.4, -0.2) is 290 Å². The molecule has 0 aromatic carbocycles. The molecule has 0 fully saturated rings. The normalized spacial score (nSPS) is 12.4. The maximum absolute atomic E-state index is 12.6. The average molecular weight is 1080 g/mol. The lowest BCUT2D eigenvalue weighted by molar-refractivity contribution is -0.154. The molecule has 24 heteroatoms. The molecule has 2 atom stereocenters. The first kappa shape index (κ1) is 72.1. The topological polar surface area (TPSA) is 237 Å². The molecule has 0 radical (unpaired) electrons. The van der Waals surface area contributed by atoms with Gasteiger partial charge in [-0.1, -0.05) is 13.8 Å². The Morgan fingerprint density at radius 2 is 0.419 bits per heavy atom. The van der Waals surface area contributed by atoms with Crippen molar-refractivity contribution in [3.8, 4) is 0 Å². The van der Waals surface area contributed by atoms with Gasteiger partial charge in [-0.05, 0) is 12.8 Å². The summed E-state index contributed by atoms with van der Waals surface area (Å²) in [6.45, 7) is 21.6. The molecule has 24 nitrogen and oxygen atoms in total. The maximum Gasteiger partial charge on any atom is 0.309 e. The summed E-state index contributed by atoms with van der Waals surface area (Å²) in [5, 5.41) is 0. The van der Waals surface area contributed by atoms with Crippen LogP contribution in [0.2, 0.25) is 0 Å². The third-order valence-electron chi connectivity index (χ3n) is 9.63. The van der Waals surface area contributed by atoms with Crippen molar-refractivity contribution in [2.45, 2.75) is 26.7 Å². The van der Waals surface area contributed by atoms with E-state index < -0.39 is 17.8 Å². The first-order chi connectivity index (χ1) is 36.6. The van der Waals surface area contributed by atoms with E-state index in [0.717, 1.165) is 0 Å². The van der Waals surface area contributed by atoms with Gasteiger partial charge in [-0.3, -0.25) is 9.59 Å². The fourth-order valence-corrected chi connectivity index (χ4v) is 5.62. The molecule has 0 aliphatic rings. The zero-order valence-corrected chi connectivity index (χ0v) is 45.7. The highest BCUT2D eigenvalue weighted by Crippen LogP contribution is 2.18. The number of methoxy groups -OCH3 is 2. The first-order valence-electron chi connectivity index (χ1n) is 26.3. The number of esters is 2. The van der Waals surface area contributed by atoms with Crippen molar-refractivity contribution in [1.82, 2.24) is 0 Å². The van der Waals surface area contributed by atoms with Gasteiger partial charge in [0.15, 0.2) is 0 Å². The molecule has 0 aliphatic carbocycles. The summed E-state index contributed by atoms with van der Waals surface area (Å²) < 4.78 is 119. The van der Waals surface area contributed by atoms with Gasteiger partial charge >= 0.3 is 11.9 Å². The van der Waals surface area contributed by atoms with Gasteiger partial charge in [-0.2, -0.15) is 0 Å². The van der Waals surface area contributed by atoms with Gasteiger partial charge < -0.3 is 104 Å². The summed E-state index contributed by atoms with van der Waals surface area (Å²) in [6.07, 6.45) is 0.856. The number of hydrogen-bond acceptors (Lipinski definition) is 24. The molecule has 0 aliphatic heterocycles. The first-order valence-corrected chi connectivity index (χ1v) is 26.3. The second-order valence-corrected chi connectivity index (χ2v) is 15.6. The number of carbonyl (C=O) groups excluding carboxylic acids is 2. The monoisotopic (exact) mass is 1080 g/mol. The number of carbonyl (C=O) groups is 2. The Kier molecular flexibility index (Phi) is 62.1. The third kappa shape index (κ3) is 57.8. The molecule has 74 heavy (non-hydrogen) atoms. The Morgan fingerprint density at radius 1 is 0.257 bits per heavy atom. The summed E-state index contributed by atoms with van der Waals surface area (Å²) in [7, 11) is 3.28. The summed E-state index contributed by atoms with van der Waals surface area (Å²) in [5.41, 5.74) is 0. The van der Waals surface area contributed by atoms with E-state index in [2.05, 4.69) is 0 Å². The van der Waals surface area contributed by atoms with Gasteiger partial charge in [0.2, 0.25) is 0 Å². The van der Waals surface area contributed by atoms with Gasteiger partial charge in [0.05, 0.1) is 263 Å². The zero-order chi connectivity index (χ0) is 53.6. The van der Waals surface area contributed by atoms with Crippen LogP contribution in [0.5, 0.6) is 0 Å². The van der Waals surface area contributed by atoms with Crippen LogP contribution >= 0.6 is 0 Å². The lowest BCUT2D eigenvalue weighted by Gasteiger charge is -2.18. The van der Waals surface area contributed by atoms with Crippen molar-refractivity contribution in [3.05, 3.63) is 0 Å². The van der Waals surface area contributed by atoms with Crippen molar-refractivity contribution in [2.75, 3.05) is 278 Å². The van der Waals surface area contributed by atoms with Gasteiger partial charge in [0, 0.05) is 14.2 Å². The van der Waals surface area contributed by atoms with E-state index in [1.807, 2.05) is 6.92 Å². The Bertz CT molecular complexity index is 1100. The number of rotatable bonds is 65. The average Bonchev–Trinajstić information content (AvgIpc) is 3.41. The van der Waals surface area contributed by atoms with Crippen molar-refractivity contribution in [1.29, 1.82) is 0 Å². The molecule has 442 valence electrons. The predicted molar refractivity (Wildman–Crippen MR) is 268 cm³/mol. The highest BCUT2D eigenvalue weighted by Gasteiger charge is 2.25. The maximum atomic E-state index is 12.6. The molecule has 0 heterocycles. The summed E-state index contributed by atoms with van der Waals surface area (Å²) in [6, 6.07) is 0. The smallest absolute Gasteiger partial charge is 0.309 e. The van der Waals surface area contributed by atoms with Crippen LogP contribution in [-0.2, 0) is 114 Å². The second-order valence-electron chi connectivity index (χ2n) is 15.6. The van der Waals surface area contributed by atoms with Crippen molar-refractivity contribution >= 4 is 11.9 Å². The molecule has 0 saturated heterocycles. The third-order valence-corrected chi connectivity index (χ3v) is 9.63. The van der Waals surface area contributed by atoms with Gasteiger partial charge in [0.1, 0.15) is 13.2 Å². The van der Waals surface area contributed by atoms with Crippen molar-refractivity contribution in [3.63, 3.8) is 0 Å². The van der Waals surface area contributed by atoms with Gasteiger partial charge in [-0.15, -0.1) is 0 Å². The van der Waals surface area contributed by atoms with E-state index in [4.69, 9.17) is 104 Å². The molecule has 0 bridgehead atoms. The standard InChI is InChI=1S/C50H98O24/c1-5-48(50(52)74-45-43-72-41-39-70-37-35-68-33-31-66-29-27-64-25-23-62-21-19-60-17-15-58-13-11-56-9-7-54-4)46-47(2)49(51)73-44-42-71-40-38-69-36-34-67-32-30-65-28-26-63-24-22-61-20-18-59-16-14-57-12-10-55-8-6-53-3/h47-48H,5-46H2,1-4H3. The van der Waals surface area contributed by atoms with Crippen LogP contribution in [0, 0.1) is 11.8 Å². The molecule has 0 rings (SSSR count). The molecule has 0 amide bonds. The highest BCUT2D eigenvalue weighted by molar-refractivity contribution is 5.75. The molecule has 0 aromatic heterocycles. The zero-order valence-electron chi connectivity index (χ0n) is 45.7. The fraction of sp³-hybridized carbons (Fsp3) is 0.960. The van der Waals surface area contributed by atoms with Gasteiger partial charge in [0.25, 0.3) is 0 Å².